The van der Waals surface area contributed by atoms with Crippen molar-refractivity contribution in [2.45, 2.75) is 19.4 Å². The van der Waals surface area contributed by atoms with Crippen LogP contribution in [0.4, 0.5) is 0 Å². The summed E-state index contributed by atoms with van der Waals surface area (Å²) in [6, 6.07) is 20.3. The number of nitrogens with one attached hydrogen (secondary N) is 1. The lowest BCUT2D eigenvalue weighted by Crippen LogP contribution is -2.05. The van der Waals surface area contributed by atoms with Crippen LogP contribution in [0.2, 0.25) is 0 Å². The Hall–Kier alpha value is -4.07. The van der Waals surface area contributed by atoms with Gasteiger partial charge in [-0.05, 0) is 30.7 Å². The lowest BCUT2D eigenvalue weighted by atomic mass is 10.1. The maximum atomic E-state index is 4.77. The third kappa shape index (κ3) is 3.50. The molecule has 0 spiro atoms. The predicted octanol–water partition coefficient (Wildman–Crippen LogP) is 3.55. The van der Waals surface area contributed by atoms with Crippen molar-refractivity contribution >= 4 is 0 Å². The van der Waals surface area contributed by atoms with Crippen LogP contribution in [-0.2, 0) is 13.0 Å². The number of rotatable bonds is 7. The molecule has 1 aromatic carbocycles. The Balaban J connectivity index is 1.55. The number of aryl methyl sites for hydroxylation is 2. The highest BCUT2D eigenvalue weighted by molar-refractivity contribution is 5.78. The van der Waals surface area contributed by atoms with Gasteiger partial charge in [-0.2, -0.15) is 5.21 Å². The molecule has 4 heterocycles. The zero-order chi connectivity index (χ0) is 20.2. The van der Waals surface area contributed by atoms with Gasteiger partial charge in [-0.15, -0.1) is 10.2 Å². The highest BCUT2D eigenvalue weighted by Gasteiger charge is 2.18. The number of benzene rings is 1. The van der Waals surface area contributed by atoms with E-state index in [1.54, 1.807) is 6.20 Å². The summed E-state index contributed by atoms with van der Waals surface area (Å²) in [7, 11) is 0. The van der Waals surface area contributed by atoms with Crippen molar-refractivity contribution in [1.29, 1.82) is 0 Å². The Kier molecular flexibility index (Phi) is 4.87. The topological polar surface area (TPSA) is 90.1 Å². The minimum atomic E-state index is 0.719. The van der Waals surface area contributed by atoms with Gasteiger partial charge in [-0.1, -0.05) is 41.6 Å². The van der Waals surface area contributed by atoms with Crippen LogP contribution in [0.1, 0.15) is 12.2 Å². The second kappa shape index (κ2) is 8.12. The first-order valence-electron chi connectivity index (χ1n) is 9.82. The molecular formula is C22H20N8. The van der Waals surface area contributed by atoms with E-state index in [4.69, 9.17) is 4.98 Å². The van der Waals surface area contributed by atoms with Gasteiger partial charge in [0.1, 0.15) is 5.82 Å². The maximum Gasteiger partial charge on any atom is 0.174 e. The molecule has 0 radical (unpaired) electrons. The van der Waals surface area contributed by atoms with E-state index < -0.39 is 0 Å². The molecule has 5 aromatic rings. The molecule has 0 aliphatic carbocycles. The zero-order valence-corrected chi connectivity index (χ0v) is 16.3. The Morgan fingerprint density at radius 1 is 0.900 bits per heavy atom. The Labute approximate surface area is 173 Å². The third-order valence-electron chi connectivity index (χ3n) is 4.96. The van der Waals surface area contributed by atoms with Crippen molar-refractivity contribution in [2.24, 2.45) is 0 Å². The van der Waals surface area contributed by atoms with Gasteiger partial charge in [0.2, 0.25) is 0 Å². The second-order valence-electron chi connectivity index (χ2n) is 6.88. The molecule has 0 aliphatic heterocycles. The molecule has 148 valence electrons. The molecule has 8 nitrogen and oxygen atoms in total. The molecule has 30 heavy (non-hydrogen) atoms. The molecule has 0 fully saturated rings. The van der Waals surface area contributed by atoms with Crippen LogP contribution in [0.15, 0.2) is 79.4 Å². The lowest BCUT2D eigenvalue weighted by Gasteiger charge is -2.13. The van der Waals surface area contributed by atoms with E-state index in [1.165, 1.54) is 0 Å². The number of pyridine rings is 1. The van der Waals surface area contributed by atoms with Crippen LogP contribution >= 0.6 is 0 Å². The fourth-order valence-corrected chi connectivity index (χ4v) is 3.59. The average molecular weight is 396 g/mol. The highest BCUT2D eigenvalue weighted by Crippen LogP contribution is 2.33. The number of nitrogens with zero attached hydrogens (tertiary/aromatic N) is 7. The van der Waals surface area contributed by atoms with Gasteiger partial charge < -0.3 is 4.57 Å². The van der Waals surface area contributed by atoms with Crippen LogP contribution in [0, 0.1) is 0 Å². The van der Waals surface area contributed by atoms with Gasteiger partial charge in [0, 0.05) is 30.9 Å². The van der Waals surface area contributed by atoms with Crippen LogP contribution in [0.5, 0.6) is 0 Å². The van der Waals surface area contributed by atoms with Gasteiger partial charge in [-0.3, -0.25) is 4.57 Å². The molecule has 4 aromatic heterocycles. The van der Waals surface area contributed by atoms with E-state index in [0.29, 0.717) is 0 Å². The molecule has 0 unspecified atom stereocenters. The van der Waals surface area contributed by atoms with E-state index in [9.17, 15) is 0 Å². The largest absolute Gasteiger partial charge is 0.329 e. The number of aromatic nitrogens is 8. The quantitative estimate of drug-likeness (QED) is 0.454. The monoisotopic (exact) mass is 396 g/mol. The fourth-order valence-electron chi connectivity index (χ4n) is 3.59. The number of imidazole rings is 1. The van der Waals surface area contributed by atoms with Crippen LogP contribution < -0.4 is 0 Å². The highest BCUT2D eigenvalue weighted by atomic mass is 15.5. The van der Waals surface area contributed by atoms with Crippen molar-refractivity contribution in [2.75, 3.05) is 0 Å². The van der Waals surface area contributed by atoms with E-state index in [1.807, 2.05) is 55.0 Å². The second-order valence-corrected chi connectivity index (χ2v) is 6.88. The maximum absolute atomic E-state index is 4.77. The van der Waals surface area contributed by atoms with Crippen LogP contribution in [-0.4, -0.2) is 39.7 Å². The molecule has 5 rings (SSSR count). The van der Waals surface area contributed by atoms with E-state index in [-0.39, 0.29) is 0 Å². The number of aromatic amines is 1. The molecular weight excluding hydrogens is 376 g/mol. The van der Waals surface area contributed by atoms with Crippen molar-refractivity contribution in [3.8, 4) is 28.5 Å². The normalized spacial score (nSPS) is 11.1. The van der Waals surface area contributed by atoms with Crippen molar-refractivity contribution in [1.82, 2.24) is 39.7 Å². The van der Waals surface area contributed by atoms with Gasteiger partial charge in [0.15, 0.2) is 5.82 Å². The number of tetrazole rings is 1. The van der Waals surface area contributed by atoms with Crippen molar-refractivity contribution in [3.05, 3.63) is 85.2 Å². The summed E-state index contributed by atoms with van der Waals surface area (Å²) < 4.78 is 4.29. The van der Waals surface area contributed by atoms with Gasteiger partial charge in [0.05, 0.1) is 23.4 Å². The molecule has 0 bridgehead atoms. The van der Waals surface area contributed by atoms with Crippen LogP contribution in [0.25, 0.3) is 28.5 Å². The first-order valence-corrected chi connectivity index (χ1v) is 9.82. The molecule has 0 aliphatic rings. The minimum Gasteiger partial charge on any atom is -0.329 e. The first kappa shape index (κ1) is 18.0. The van der Waals surface area contributed by atoms with E-state index in [0.717, 1.165) is 53.7 Å². The lowest BCUT2D eigenvalue weighted by molar-refractivity contribution is 0.631. The molecule has 0 atom stereocenters. The molecule has 0 saturated heterocycles. The Bertz CT molecular complexity index is 1210. The number of H-pyrrole nitrogens is 1. The van der Waals surface area contributed by atoms with Crippen molar-refractivity contribution in [3.63, 3.8) is 0 Å². The summed E-state index contributed by atoms with van der Waals surface area (Å²) in [5, 5.41) is 14.2. The standard InChI is InChI=1S/C22H20N8/c1-2-8-17(9-3-1)21-22(18-10-6-15-30(18)20-12-4-5-13-23-20)29(16-24-21)14-7-11-19-25-27-28-26-19/h1-6,8-10,12-13,15-16H,7,11,14H2,(H,25,26,27,28). The zero-order valence-electron chi connectivity index (χ0n) is 16.3. The van der Waals surface area contributed by atoms with Gasteiger partial charge >= 0.3 is 0 Å². The SMILES string of the molecule is c1ccc(-c2ncn(CCCc3nn[nH]n3)c2-c2cccn2-c2ccccn2)cc1. The summed E-state index contributed by atoms with van der Waals surface area (Å²) in [4.78, 5) is 9.30. The van der Waals surface area contributed by atoms with E-state index >= 15 is 0 Å². The van der Waals surface area contributed by atoms with E-state index in [2.05, 4.69) is 52.9 Å². The Morgan fingerprint density at radius 3 is 2.60 bits per heavy atom. The van der Waals surface area contributed by atoms with Gasteiger partial charge in [-0.25, -0.2) is 9.97 Å². The molecule has 8 heteroatoms. The summed E-state index contributed by atoms with van der Waals surface area (Å²) in [5.74, 6) is 1.59. The van der Waals surface area contributed by atoms with Crippen LogP contribution in [0.3, 0.4) is 0 Å². The smallest absolute Gasteiger partial charge is 0.174 e. The molecule has 1 N–H and O–H groups in total. The minimum absolute atomic E-state index is 0.719. The Morgan fingerprint density at radius 2 is 1.80 bits per heavy atom. The fraction of sp³-hybridized carbons (Fsp3) is 0.136. The summed E-state index contributed by atoms with van der Waals surface area (Å²) in [6.45, 7) is 0.789. The van der Waals surface area contributed by atoms with Gasteiger partial charge in [0.25, 0.3) is 0 Å². The predicted molar refractivity (Wildman–Crippen MR) is 113 cm³/mol. The summed E-state index contributed by atoms with van der Waals surface area (Å²) in [5.41, 5.74) is 4.14. The number of hydrogen-bond acceptors (Lipinski definition) is 5. The number of hydrogen-bond donors (Lipinski definition) is 1. The third-order valence-corrected chi connectivity index (χ3v) is 4.96. The molecule has 0 amide bonds. The summed E-state index contributed by atoms with van der Waals surface area (Å²) >= 11 is 0. The first-order chi connectivity index (χ1) is 14.9. The molecule has 0 saturated carbocycles. The summed E-state index contributed by atoms with van der Waals surface area (Å²) in [6.07, 6.45) is 7.36. The van der Waals surface area contributed by atoms with Crippen molar-refractivity contribution < 1.29 is 0 Å². The average Bonchev–Trinajstić information content (AvgIpc) is 3.56.